The predicted octanol–water partition coefficient (Wildman–Crippen LogP) is 3.61. The summed E-state index contributed by atoms with van der Waals surface area (Å²) in [7, 11) is -1.28. The van der Waals surface area contributed by atoms with Crippen molar-refractivity contribution in [1.82, 2.24) is 18.9 Å². The lowest BCUT2D eigenvalue weighted by atomic mass is 10.1. The molecule has 1 aliphatic rings. The van der Waals surface area contributed by atoms with Gasteiger partial charge in [-0.25, -0.2) is 22.2 Å². The minimum Gasteiger partial charge on any atom is -0.406 e. The minimum atomic E-state index is -4.77. The molecule has 4 rings (SSSR count). The molecule has 0 bridgehead atoms. The van der Waals surface area contributed by atoms with Gasteiger partial charge in [-0.3, -0.25) is 0 Å². The van der Waals surface area contributed by atoms with E-state index >= 15 is 0 Å². The van der Waals surface area contributed by atoms with Crippen molar-refractivity contribution >= 4 is 31.5 Å². The molecular weight excluding hydrogens is 467 g/mol. The van der Waals surface area contributed by atoms with E-state index in [1.807, 2.05) is 11.9 Å². The molecule has 1 aliphatic heterocycles. The van der Waals surface area contributed by atoms with E-state index in [0.717, 1.165) is 0 Å². The first-order chi connectivity index (χ1) is 15.1. The van der Waals surface area contributed by atoms with E-state index in [9.17, 15) is 21.6 Å². The van der Waals surface area contributed by atoms with Gasteiger partial charge >= 0.3 is 6.36 Å². The third-order valence-corrected chi connectivity index (χ3v) is 8.36. The van der Waals surface area contributed by atoms with Crippen LogP contribution in [0.2, 0.25) is 0 Å². The molecule has 32 heavy (non-hydrogen) atoms. The van der Waals surface area contributed by atoms with Crippen LogP contribution in [0.3, 0.4) is 0 Å². The number of aromatic nitrogens is 3. The summed E-state index contributed by atoms with van der Waals surface area (Å²) < 4.78 is 69.0. The van der Waals surface area contributed by atoms with Gasteiger partial charge in [0.15, 0.2) is 0 Å². The molecule has 174 valence electrons. The molecule has 1 aromatic carbocycles. The number of anilines is 1. The highest BCUT2D eigenvalue weighted by Crippen LogP contribution is 2.32. The van der Waals surface area contributed by atoms with Gasteiger partial charge in [-0.1, -0.05) is 23.5 Å². The normalized spacial score (nSPS) is 16.5. The van der Waals surface area contributed by atoms with Crippen molar-refractivity contribution in [2.75, 3.05) is 30.8 Å². The topological polar surface area (TPSA) is 80.0 Å². The second-order valence-corrected chi connectivity index (χ2v) is 10.6. The molecule has 3 aromatic rings. The number of sulfonamides is 1. The molecule has 1 fully saturated rings. The number of ether oxygens (including phenoxy) is 1. The number of hydrogen-bond donors (Lipinski definition) is 0. The van der Waals surface area contributed by atoms with Crippen LogP contribution in [0.15, 0.2) is 30.5 Å². The maximum absolute atomic E-state index is 12.6. The predicted molar refractivity (Wildman–Crippen MR) is 115 cm³/mol. The summed E-state index contributed by atoms with van der Waals surface area (Å²) in [5.41, 5.74) is 1.05. The van der Waals surface area contributed by atoms with Gasteiger partial charge in [-0.2, -0.15) is 0 Å². The summed E-state index contributed by atoms with van der Waals surface area (Å²) in [5.74, 6) is -0.221. The number of piperidine rings is 1. The number of rotatable bonds is 6. The highest BCUT2D eigenvalue weighted by atomic mass is 32.2. The Morgan fingerprint density at radius 2 is 2.00 bits per heavy atom. The maximum atomic E-state index is 12.6. The highest BCUT2D eigenvalue weighted by Gasteiger charge is 2.32. The fourth-order valence-corrected chi connectivity index (χ4v) is 5.76. The van der Waals surface area contributed by atoms with Crippen LogP contribution in [0.1, 0.15) is 19.8 Å². The molecule has 0 atom stereocenters. The molecule has 2 aromatic heterocycles. The van der Waals surface area contributed by atoms with Gasteiger partial charge in [0.05, 0.1) is 17.6 Å². The zero-order valence-corrected chi connectivity index (χ0v) is 19.0. The summed E-state index contributed by atoms with van der Waals surface area (Å²) in [4.78, 5) is 6.97. The Labute approximate surface area is 187 Å². The van der Waals surface area contributed by atoms with Gasteiger partial charge < -0.3 is 9.64 Å². The van der Waals surface area contributed by atoms with Gasteiger partial charge in [0.1, 0.15) is 5.75 Å². The van der Waals surface area contributed by atoms with E-state index in [-0.39, 0.29) is 17.5 Å². The second kappa shape index (κ2) is 8.52. The van der Waals surface area contributed by atoms with Crippen LogP contribution in [0.4, 0.5) is 18.3 Å². The van der Waals surface area contributed by atoms with Crippen LogP contribution in [0, 0.1) is 0 Å². The monoisotopic (exact) mass is 489 g/mol. The van der Waals surface area contributed by atoms with Crippen LogP contribution in [-0.2, 0) is 10.0 Å². The number of hydrogen-bond acceptors (Lipinski definition) is 7. The highest BCUT2D eigenvalue weighted by molar-refractivity contribution is 7.89. The van der Waals surface area contributed by atoms with Crippen molar-refractivity contribution in [3.63, 3.8) is 0 Å². The van der Waals surface area contributed by atoms with Crippen LogP contribution in [0.25, 0.3) is 16.2 Å². The standard InChI is InChI=1S/C19H22F3N5O3S2/c1-3-32(28,29)26-9-7-14(8-10-26)25(2)18-24-27-16(12-23-17(27)31-18)13-5-4-6-15(11-13)30-19(20,21)22/h4-6,11-12,14H,3,7-10H2,1-2H3. The van der Waals surface area contributed by atoms with E-state index in [0.29, 0.717) is 47.3 Å². The van der Waals surface area contributed by atoms with Crippen LogP contribution < -0.4 is 9.64 Å². The lowest BCUT2D eigenvalue weighted by molar-refractivity contribution is -0.274. The summed E-state index contributed by atoms with van der Waals surface area (Å²) in [5, 5.41) is 5.32. The first-order valence-electron chi connectivity index (χ1n) is 9.99. The lowest BCUT2D eigenvalue weighted by Crippen LogP contribution is -2.46. The zero-order valence-electron chi connectivity index (χ0n) is 17.4. The molecule has 0 spiro atoms. The number of imidazole rings is 1. The Bertz CT molecular complexity index is 1200. The van der Waals surface area contributed by atoms with Gasteiger partial charge in [0.2, 0.25) is 20.1 Å². The van der Waals surface area contributed by atoms with E-state index < -0.39 is 16.4 Å². The Morgan fingerprint density at radius 1 is 1.28 bits per heavy atom. The fourth-order valence-electron chi connectivity index (χ4n) is 3.72. The molecular formula is C19H22F3N5O3S2. The molecule has 0 aliphatic carbocycles. The third kappa shape index (κ3) is 4.69. The number of fused-ring (bicyclic) bond motifs is 1. The zero-order chi connectivity index (χ0) is 23.1. The maximum Gasteiger partial charge on any atom is 0.573 e. The van der Waals surface area contributed by atoms with Crippen molar-refractivity contribution < 1.29 is 26.3 Å². The van der Waals surface area contributed by atoms with Crippen molar-refractivity contribution in [2.24, 2.45) is 0 Å². The number of benzene rings is 1. The van der Waals surface area contributed by atoms with Crippen molar-refractivity contribution in [2.45, 2.75) is 32.2 Å². The summed E-state index contributed by atoms with van der Waals surface area (Å²) >= 11 is 1.36. The van der Waals surface area contributed by atoms with E-state index in [1.165, 1.54) is 33.8 Å². The quantitative estimate of drug-likeness (QED) is 0.526. The summed E-state index contributed by atoms with van der Waals surface area (Å²) in [6.45, 7) is 2.57. The van der Waals surface area contributed by atoms with Crippen LogP contribution >= 0.6 is 11.3 Å². The molecule has 8 nitrogen and oxygen atoms in total. The second-order valence-electron chi connectivity index (χ2n) is 7.44. The van der Waals surface area contributed by atoms with Gasteiger partial charge in [0.25, 0.3) is 0 Å². The first-order valence-corrected chi connectivity index (χ1v) is 12.4. The molecule has 0 saturated carbocycles. The van der Waals surface area contributed by atoms with Crippen molar-refractivity contribution in [1.29, 1.82) is 0 Å². The molecule has 0 radical (unpaired) electrons. The third-order valence-electron chi connectivity index (χ3n) is 5.47. The molecule has 1 saturated heterocycles. The Hall–Kier alpha value is -2.38. The molecule has 0 amide bonds. The Morgan fingerprint density at radius 3 is 2.66 bits per heavy atom. The van der Waals surface area contributed by atoms with Crippen molar-refractivity contribution in [3.05, 3.63) is 30.5 Å². The van der Waals surface area contributed by atoms with E-state index in [1.54, 1.807) is 23.7 Å². The van der Waals surface area contributed by atoms with E-state index in [2.05, 4.69) is 14.8 Å². The lowest BCUT2D eigenvalue weighted by Gasteiger charge is -2.35. The SMILES string of the molecule is CCS(=O)(=O)N1CCC(N(C)c2nn3c(-c4cccc(OC(F)(F)F)c4)cnc3s2)CC1. The Balaban J connectivity index is 1.53. The average molecular weight is 490 g/mol. The molecule has 13 heteroatoms. The Kier molecular flexibility index (Phi) is 6.07. The summed E-state index contributed by atoms with van der Waals surface area (Å²) in [6.07, 6.45) is -1.85. The average Bonchev–Trinajstić information content (AvgIpc) is 3.33. The van der Waals surface area contributed by atoms with Crippen LogP contribution in [0.5, 0.6) is 5.75 Å². The summed E-state index contributed by atoms with van der Waals surface area (Å²) in [6, 6.07) is 5.80. The number of alkyl halides is 3. The van der Waals surface area contributed by atoms with Gasteiger partial charge in [-0.05, 0) is 31.9 Å². The first kappa shape index (κ1) is 22.8. The molecule has 3 heterocycles. The minimum absolute atomic E-state index is 0.0924. The molecule has 0 N–H and O–H groups in total. The van der Waals surface area contributed by atoms with Crippen LogP contribution in [-0.4, -0.2) is 65.6 Å². The number of nitrogens with zero attached hydrogens (tertiary/aromatic N) is 5. The van der Waals surface area contributed by atoms with Crippen molar-refractivity contribution in [3.8, 4) is 17.0 Å². The largest absolute Gasteiger partial charge is 0.573 e. The smallest absolute Gasteiger partial charge is 0.406 e. The fraction of sp³-hybridized carbons (Fsp3) is 0.474. The molecule has 0 unspecified atom stereocenters. The van der Waals surface area contributed by atoms with Gasteiger partial charge in [-0.15, -0.1) is 18.3 Å². The van der Waals surface area contributed by atoms with Gasteiger partial charge in [0, 0.05) is 31.7 Å². The number of halogens is 3. The van der Waals surface area contributed by atoms with E-state index in [4.69, 9.17) is 0 Å².